The number of anilines is 2. The van der Waals surface area contributed by atoms with Crippen LogP contribution in [0.25, 0.3) is 0 Å². The average molecular weight is 255 g/mol. The van der Waals surface area contributed by atoms with Crippen molar-refractivity contribution in [2.45, 2.75) is 18.9 Å². The molecule has 1 aromatic heterocycles. The van der Waals surface area contributed by atoms with Crippen LogP contribution in [0.4, 0.5) is 11.5 Å². The molecule has 1 saturated heterocycles. The Bertz CT molecular complexity index is 388. The normalized spacial score (nSPS) is 18.3. The maximum absolute atomic E-state index is 5.96. The van der Waals surface area contributed by atoms with Gasteiger partial charge < -0.3 is 15.5 Å². The van der Waals surface area contributed by atoms with E-state index in [1.807, 2.05) is 0 Å². The lowest BCUT2D eigenvalue weighted by atomic mass is 10.0. The van der Waals surface area contributed by atoms with Crippen molar-refractivity contribution < 1.29 is 0 Å². The maximum Gasteiger partial charge on any atom is 0.151 e. The Balaban J connectivity index is 2.11. The van der Waals surface area contributed by atoms with E-state index in [4.69, 9.17) is 17.3 Å². The molecule has 4 nitrogen and oxygen atoms in total. The van der Waals surface area contributed by atoms with Crippen molar-refractivity contribution in [2.24, 2.45) is 0 Å². The van der Waals surface area contributed by atoms with Gasteiger partial charge in [0.15, 0.2) is 5.82 Å². The lowest BCUT2D eigenvalue weighted by Crippen LogP contribution is -2.42. The van der Waals surface area contributed by atoms with Crippen molar-refractivity contribution >= 4 is 23.1 Å². The van der Waals surface area contributed by atoms with Crippen LogP contribution in [0.3, 0.4) is 0 Å². The fourth-order valence-corrected chi connectivity index (χ4v) is 2.46. The molecule has 0 unspecified atom stereocenters. The molecule has 0 atom stereocenters. The molecule has 0 bridgehead atoms. The Kier molecular flexibility index (Phi) is 3.74. The molecule has 2 N–H and O–H groups in total. The molecule has 17 heavy (non-hydrogen) atoms. The van der Waals surface area contributed by atoms with Crippen molar-refractivity contribution in [1.29, 1.82) is 0 Å². The predicted molar refractivity (Wildman–Crippen MR) is 72.6 cm³/mol. The molecule has 1 aliphatic rings. The molecule has 94 valence electrons. The second kappa shape index (κ2) is 5.10. The molecule has 2 rings (SSSR count). The minimum atomic E-state index is 0.516. The zero-order valence-electron chi connectivity index (χ0n) is 10.4. The summed E-state index contributed by atoms with van der Waals surface area (Å²) >= 11 is 5.86. The van der Waals surface area contributed by atoms with Crippen LogP contribution in [0, 0.1) is 0 Å². The fraction of sp³-hybridized carbons (Fsp3) is 0.583. The van der Waals surface area contributed by atoms with E-state index < -0.39 is 0 Å². The summed E-state index contributed by atoms with van der Waals surface area (Å²) in [5.41, 5.74) is 6.61. The molecule has 2 heterocycles. The highest BCUT2D eigenvalue weighted by Gasteiger charge is 2.22. The number of rotatable bonds is 2. The summed E-state index contributed by atoms with van der Waals surface area (Å²) in [6.45, 7) is 2.25. The van der Waals surface area contributed by atoms with Crippen LogP contribution < -0.4 is 10.6 Å². The number of nitrogens with zero attached hydrogens (tertiary/aromatic N) is 3. The van der Waals surface area contributed by atoms with Gasteiger partial charge in [-0.3, -0.25) is 0 Å². The van der Waals surface area contributed by atoms with Gasteiger partial charge in [-0.15, -0.1) is 0 Å². The van der Waals surface area contributed by atoms with E-state index in [-0.39, 0.29) is 0 Å². The average Bonchev–Trinajstić information content (AvgIpc) is 2.29. The van der Waals surface area contributed by atoms with Crippen LogP contribution in [-0.2, 0) is 0 Å². The number of hydrogen-bond donors (Lipinski definition) is 1. The molecular formula is C12H19ClN4. The van der Waals surface area contributed by atoms with E-state index in [1.54, 1.807) is 12.3 Å². The quantitative estimate of drug-likeness (QED) is 0.875. The third-order valence-electron chi connectivity index (χ3n) is 3.43. The fourth-order valence-electron chi connectivity index (χ4n) is 2.30. The molecule has 5 heteroatoms. The van der Waals surface area contributed by atoms with Crippen LogP contribution in [0.15, 0.2) is 12.3 Å². The Labute approximate surface area is 107 Å². The summed E-state index contributed by atoms with van der Waals surface area (Å²) < 4.78 is 0. The third-order valence-corrected chi connectivity index (χ3v) is 3.64. The summed E-state index contributed by atoms with van der Waals surface area (Å²) in [5, 5.41) is 0.586. The number of halogens is 1. The first-order valence-corrected chi connectivity index (χ1v) is 6.28. The van der Waals surface area contributed by atoms with Gasteiger partial charge in [-0.2, -0.15) is 0 Å². The molecule has 0 amide bonds. The minimum Gasteiger partial charge on any atom is -0.396 e. The van der Waals surface area contributed by atoms with E-state index in [2.05, 4.69) is 28.9 Å². The topological polar surface area (TPSA) is 45.4 Å². The van der Waals surface area contributed by atoms with Crippen molar-refractivity contribution in [1.82, 2.24) is 9.88 Å². The maximum atomic E-state index is 5.96. The highest BCUT2D eigenvalue weighted by atomic mass is 35.5. The number of pyridine rings is 1. The molecule has 0 spiro atoms. The van der Waals surface area contributed by atoms with Crippen LogP contribution >= 0.6 is 11.6 Å². The molecule has 0 radical (unpaired) electrons. The molecule has 0 aliphatic carbocycles. The Morgan fingerprint density at radius 3 is 2.71 bits per heavy atom. The number of hydrogen-bond acceptors (Lipinski definition) is 4. The largest absolute Gasteiger partial charge is 0.396 e. The van der Waals surface area contributed by atoms with Gasteiger partial charge in [0.2, 0.25) is 0 Å². The van der Waals surface area contributed by atoms with Crippen molar-refractivity contribution in [3.63, 3.8) is 0 Å². The van der Waals surface area contributed by atoms with Gasteiger partial charge in [0.25, 0.3) is 0 Å². The number of nitrogens with two attached hydrogens (primary N) is 1. The second-order valence-electron chi connectivity index (χ2n) is 4.71. The Morgan fingerprint density at radius 2 is 2.12 bits per heavy atom. The monoisotopic (exact) mass is 254 g/mol. The highest BCUT2D eigenvalue weighted by Crippen LogP contribution is 2.26. The first-order valence-electron chi connectivity index (χ1n) is 5.90. The van der Waals surface area contributed by atoms with E-state index >= 15 is 0 Å². The first-order chi connectivity index (χ1) is 8.08. The van der Waals surface area contributed by atoms with Gasteiger partial charge in [0.1, 0.15) is 0 Å². The van der Waals surface area contributed by atoms with Crippen LogP contribution in [0.1, 0.15) is 12.8 Å². The Morgan fingerprint density at radius 1 is 1.47 bits per heavy atom. The number of nitrogen functional groups attached to an aromatic ring is 1. The van der Waals surface area contributed by atoms with Gasteiger partial charge >= 0.3 is 0 Å². The van der Waals surface area contributed by atoms with Crippen molar-refractivity contribution in [3.05, 3.63) is 17.3 Å². The Hall–Kier alpha value is -1.00. The van der Waals surface area contributed by atoms with Gasteiger partial charge in [0, 0.05) is 19.3 Å². The van der Waals surface area contributed by atoms with E-state index in [0.717, 1.165) is 31.7 Å². The zero-order valence-corrected chi connectivity index (χ0v) is 11.1. The van der Waals surface area contributed by atoms with Crippen molar-refractivity contribution in [3.8, 4) is 0 Å². The minimum absolute atomic E-state index is 0.516. The second-order valence-corrected chi connectivity index (χ2v) is 5.15. The molecule has 1 fully saturated rings. The van der Waals surface area contributed by atoms with Crippen LogP contribution in [0.2, 0.25) is 5.02 Å². The number of likely N-dealkylation sites (tertiary alicyclic amines) is 1. The van der Waals surface area contributed by atoms with Gasteiger partial charge in [-0.05, 0) is 39.0 Å². The summed E-state index contributed by atoms with van der Waals surface area (Å²) in [6, 6.07) is 2.28. The lowest BCUT2D eigenvalue weighted by Gasteiger charge is -2.36. The molecule has 0 saturated carbocycles. The molecule has 1 aromatic rings. The van der Waals surface area contributed by atoms with E-state index in [9.17, 15) is 0 Å². The van der Waals surface area contributed by atoms with Crippen LogP contribution in [-0.4, -0.2) is 43.1 Å². The molecular weight excluding hydrogens is 236 g/mol. The third kappa shape index (κ3) is 2.82. The van der Waals surface area contributed by atoms with Gasteiger partial charge in [-0.1, -0.05) is 11.6 Å². The first kappa shape index (κ1) is 12.5. The zero-order chi connectivity index (χ0) is 12.4. The summed E-state index contributed by atoms with van der Waals surface area (Å²) in [7, 11) is 4.22. The summed E-state index contributed by atoms with van der Waals surface area (Å²) in [5.74, 6) is 0.837. The lowest BCUT2D eigenvalue weighted by molar-refractivity contribution is 0.252. The molecule has 1 aliphatic heterocycles. The van der Waals surface area contributed by atoms with E-state index in [1.165, 1.54) is 0 Å². The van der Waals surface area contributed by atoms with E-state index in [0.29, 0.717) is 16.8 Å². The SMILES string of the molecule is CN1CCC(N(C)c2ncc(Cl)cc2N)CC1. The number of piperidine rings is 1. The number of aromatic nitrogens is 1. The highest BCUT2D eigenvalue weighted by molar-refractivity contribution is 6.30. The van der Waals surface area contributed by atoms with Gasteiger partial charge in [0.05, 0.1) is 10.7 Å². The van der Waals surface area contributed by atoms with Crippen LogP contribution in [0.5, 0.6) is 0 Å². The summed E-state index contributed by atoms with van der Waals surface area (Å²) in [4.78, 5) is 8.86. The molecule has 0 aromatic carbocycles. The standard InChI is InChI=1S/C12H19ClN4/c1-16-5-3-10(4-6-16)17(2)12-11(14)7-9(13)8-15-12/h7-8,10H,3-6,14H2,1-2H3. The van der Waals surface area contributed by atoms with Gasteiger partial charge in [-0.25, -0.2) is 4.98 Å². The summed E-state index contributed by atoms with van der Waals surface area (Å²) in [6.07, 6.45) is 3.95. The predicted octanol–water partition coefficient (Wildman–Crippen LogP) is 1.85. The van der Waals surface area contributed by atoms with Crippen molar-refractivity contribution in [2.75, 3.05) is 37.8 Å². The smallest absolute Gasteiger partial charge is 0.151 e.